The molecule has 1 saturated heterocycles. The molecule has 1 aromatic carbocycles. The number of carbonyl (C=O) groups excluding carboxylic acids is 1. The lowest BCUT2D eigenvalue weighted by atomic mass is 10.1. The Hall–Kier alpha value is -1.17. The Morgan fingerprint density at radius 1 is 1.24 bits per heavy atom. The number of aldehydes is 1. The molecule has 1 aromatic rings. The van der Waals surface area contributed by atoms with E-state index in [0.717, 1.165) is 17.6 Å². The Kier molecular flexibility index (Phi) is 4.56. The Bertz CT molecular complexity index is 513. The number of carbonyl (C=O) groups is 1. The van der Waals surface area contributed by atoms with E-state index < -0.39 is 14.6 Å². The lowest BCUT2D eigenvalue weighted by Crippen LogP contribution is -2.44. The average Bonchev–Trinajstić information content (AvgIpc) is 2.91. The molecule has 0 saturated carbocycles. The summed E-state index contributed by atoms with van der Waals surface area (Å²) in [6.07, 6.45) is 0.388. The standard InChI is InChI=1S/C16H24O4Si/c1-16(2,3)21(4,5)20-14-7-6-12(11-17)10-13(14)15-18-8-9-19-15/h6-7,10-11,15H,8-9H2,1-5H3. The molecule has 0 N–H and O–H groups in total. The van der Waals surface area contributed by atoms with E-state index >= 15 is 0 Å². The fourth-order valence-electron chi connectivity index (χ4n) is 1.88. The van der Waals surface area contributed by atoms with Crippen LogP contribution in [0.25, 0.3) is 0 Å². The second-order valence-corrected chi connectivity index (χ2v) is 11.6. The zero-order valence-corrected chi connectivity index (χ0v) is 14.4. The van der Waals surface area contributed by atoms with Crippen molar-refractivity contribution in [1.82, 2.24) is 0 Å². The van der Waals surface area contributed by atoms with Crippen LogP contribution in [0.2, 0.25) is 18.1 Å². The minimum atomic E-state index is -1.96. The predicted molar refractivity (Wildman–Crippen MR) is 84.3 cm³/mol. The zero-order valence-electron chi connectivity index (χ0n) is 13.4. The Morgan fingerprint density at radius 2 is 1.86 bits per heavy atom. The second-order valence-electron chi connectivity index (χ2n) is 6.85. The highest BCUT2D eigenvalue weighted by molar-refractivity contribution is 6.74. The number of ether oxygens (including phenoxy) is 2. The summed E-state index contributed by atoms with van der Waals surface area (Å²) in [5.74, 6) is 0.763. The van der Waals surface area contributed by atoms with Gasteiger partial charge in [-0.25, -0.2) is 0 Å². The molecule has 1 aliphatic heterocycles. The molecule has 0 bridgehead atoms. The van der Waals surface area contributed by atoms with Crippen molar-refractivity contribution < 1.29 is 18.7 Å². The summed E-state index contributed by atoms with van der Waals surface area (Å²) in [5.41, 5.74) is 1.41. The molecule has 0 spiro atoms. The first-order chi connectivity index (χ1) is 9.74. The van der Waals surface area contributed by atoms with Gasteiger partial charge in [-0.2, -0.15) is 0 Å². The molecule has 116 valence electrons. The van der Waals surface area contributed by atoms with Crippen LogP contribution < -0.4 is 4.43 Å². The number of rotatable bonds is 4. The van der Waals surface area contributed by atoms with Gasteiger partial charge in [-0.05, 0) is 36.3 Å². The molecule has 0 radical (unpaired) electrons. The molecule has 5 heteroatoms. The number of hydrogen-bond donors (Lipinski definition) is 0. The zero-order chi connectivity index (χ0) is 15.7. The van der Waals surface area contributed by atoms with E-state index in [0.29, 0.717) is 18.8 Å². The van der Waals surface area contributed by atoms with Crippen molar-refractivity contribution in [2.45, 2.75) is 45.2 Å². The molecule has 0 aromatic heterocycles. The maximum absolute atomic E-state index is 11.0. The van der Waals surface area contributed by atoms with E-state index in [1.807, 2.05) is 6.07 Å². The molecule has 1 heterocycles. The van der Waals surface area contributed by atoms with Crippen molar-refractivity contribution in [1.29, 1.82) is 0 Å². The highest BCUT2D eigenvalue weighted by atomic mass is 28.4. The van der Waals surface area contributed by atoms with Gasteiger partial charge in [0.1, 0.15) is 12.0 Å². The number of hydrogen-bond acceptors (Lipinski definition) is 4. The fourth-order valence-corrected chi connectivity index (χ4v) is 2.93. The first kappa shape index (κ1) is 16.2. The fraction of sp³-hybridized carbons (Fsp3) is 0.562. The van der Waals surface area contributed by atoms with Crippen LogP contribution in [0.4, 0.5) is 0 Å². The lowest BCUT2D eigenvalue weighted by Gasteiger charge is -2.37. The van der Waals surface area contributed by atoms with Gasteiger partial charge < -0.3 is 13.9 Å². The van der Waals surface area contributed by atoms with Crippen molar-refractivity contribution in [2.24, 2.45) is 0 Å². The summed E-state index contributed by atoms with van der Waals surface area (Å²) in [6, 6.07) is 5.42. The normalized spacial score (nSPS) is 17.0. The van der Waals surface area contributed by atoms with Gasteiger partial charge in [-0.1, -0.05) is 20.8 Å². The Balaban J connectivity index is 2.36. The molecule has 1 fully saturated rings. The van der Waals surface area contributed by atoms with Crippen LogP contribution in [0.3, 0.4) is 0 Å². The van der Waals surface area contributed by atoms with E-state index in [-0.39, 0.29) is 5.04 Å². The van der Waals surface area contributed by atoms with Gasteiger partial charge in [0.05, 0.1) is 13.2 Å². The maximum atomic E-state index is 11.0. The van der Waals surface area contributed by atoms with Gasteiger partial charge >= 0.3 is 0 Å². The van der Waals surface area contributed by atoms with Crippen LogP contribution in [0.5, 0.6) is 5.75 Å². The van der Waals surface area contributed by atoms with Crippen molar-refractivity contribution in [3.63, 3.8) is 0 Å². The third-order valence-corrected chi connectivity index (χ3v) is 8.56. The first-order valence-electron chi connectivity index (χ1n) is 7.26. The van der Waals surface area contributed by atoms with E-state index in [1.54, 1.807) is 12.1 Å². The largest absolute Gasteiger partial charge is 0.543 e. The topological polar surface area (TPSA) is 44.8 Å². The molecule has 2 rings (SSSR count). The molecule has 4 nitrogen and oxygen atoms in total. The van der Waals surface area contributed by atoms with E-state index in [4.69, 9.17) is 13.9 Å². The Morgan fingerprint density at radius 3 is 2.38 bits per heavy atom. The molecular weight excluding hydrogens is 284 g/mol. The predicted octanol–water partition coefficient (Wildman–Crippen LogP) is 3.93. The van der Waals surface area contributed by atoms with Crippen LogP contribution in [0.1, 0.15) is 43.0 Å². The van der Waals surface area contributed by atoms with Gasteiger partial charge in [0.2, 0.25) is 8.32 Å². The van der Waals surface area contributed by atoms with Gasteiger partial charge in [-0.15, -0.1) is 0 Å². The summed E-state index contributed by atoms with van der Waals surface area (Å²) >= 11 is 0. The van der Waals surface area contributed by atoms with Crippen LogP contribution >= 0.6 is 0 Å². The SMILES string of the molecule is CC(C)(C)[Si](C)(C)Oc1ccc(C=O)cc1C1OCCO1. The quantitative estimate of drug-likeness (QED) is 0.624. The van der Waals surface area contributed by atoms with Crippen molar-refractivity contribution >= 4 is 14.6 Å². The maximum Gasteiger partial charge on any atom is 0.250 e. The van der Waals surface area contributed by atoms with Crippen LogP contribution in [0.15, 0.2) is 18.2 Å². The van der Waals surface area contributed by atoms with Crippen molar-refractivity contribution in [3.8, 4) is 5.75 Å². The molecular formula is C16H24O4Si. The monoisotopic (exact) mass is 308 g/mol. The third-order valence-electron chi connectivity index (χ3n) is 4.22. The van der Waals surface area contributed by atoms with Gasteiger partial charge in [0.15, 0.2) is 6.29 Å². The molecule has 0 amide bonds. The minimum Gasteiger partial charge on any atom is -0.543 e. The van der Waals surface area contributed by atoms with Crippen molar-refractivity contribution in [2.75, 3.05) is 13.2 Å². The summed E-state index contributed by atoms with van der Waals surface area (Å²) in [6.45, 7) is 12.1. The van der Waals surface area contributed by atoms with Gasteiger partial charge in [0.25, 0.3) is 0 Å². The van der Waals surface area contributed by atoms with Gasteiger partial charge in [-0.3, -0.25) is 4.79 Å². The van der Waals surface area contributed by atoms with Crippen LogP contribution in [0, 0.1) is 0 Å². The molecule has 0 atom stereocenters. The second kappa shape index (κ2) is 5.91. The summed E-state index contributed by atoms with van der Waals surface area (Å²) in [5, 5.41) is 0.102. The van der Waals surface area contributed by atoms with Crippen LogP contribution in [-0.2, 0) is 9.47 Å². The summed E-state index contributed by atoms with van der Waals surface area (Å²) in [4.78, 5) is 11.0. The minimum absolute atomic E-state index is 0.102. The highest BCUT2D eigenvalue weighted by Crippen LogP contribution is 2.40. The van der Waals surface area contributed by atoms with E-state index in [1.165, 1.54) is 0 Å². The third kappa shape index (κ3) is 3.54. The molecule has 1 aliphatic rings. The first-order valence-corrected chi connectivity index (χ1v) is 10.2. The lowest BCUT2D eigenvalue weighted by molar-refractivity contribution is -0.0450. The smallest absolute Gasteiger partial charge is 0.250 e. The number of benzene rings is 1. The Labute approximate surface area is 127 Å². The average molecular weight is 308 g/mol. The molecule has 0 aliphatic carbocycles. The van der Waals surface area contributed by atoms with Crippen molar-refractivity contribution in [3.05, 3.63) is 29.3 Å². The van der Waals surface area contributed by atoms with Crippen LogP contribution in [-0.4, -0.2) is 27.8 Å². The van der Waals surface area contributed by atoms with E-state index in [2.05, 4.69) is 33.9 Å². The van der Waals surface area contributed by atoms with E-state index in [9.17, 15) is 4.79 Å². The van der Waals surface area contributed by atoms with Gasteiger partial charge in [0, 0.05) is 11.1 Å². The highest BCUT2D eigenvalue weighted by Gasteiger charge is 2.40. The molecule has 0 unspecified atom stereocenters. The summed E-state index contributed by atoms with van der Waals surface area (Å²) in [7, 11) is -1.96. The summed E-state index contributed by atoms with van der Waals surface area (Å²) < 4.78 is 17.5. The molecule has 21 heavy (non-hydrogen) atoms.